The Morgan fingerprint density at radius 1 is 1.22 bits per heavy atom. The molecule has 0 bridgehead atoms. The van der Waals surface area contributed by atoms with Crippen molar-refractivity contribution in [3.05, 3.63) is 40.3 Å². The normalized spacial score (nSPS) is 15.3. The van der Waals surface area contributed by atoms with Gasteiger partial charge < -0.3 is 19.0 Å². The Hall–Kier alpha value is -2.69. The molecule has 1 fully saturated rings. The van der Waals surface area contributed by atoms with Gasteiger partial charge in [0.15, 0.2) is 0 Å². The molecular weight excluding hydrogens is 432 g/mol. The molecule has 1 aliphatic rings. The van der Waals surface area contributed by atoms with Crippen LogP contribution in [-0.4, -0.2) is 60.2 Å². The van der Waals surface area contributed by atoms with Gasteiger partial charge >= 0.3 is 0 Å². The predicted molar refractivity (Wildman–Crippen MR) is 122 cm³/mol. The molecule has 0 saturated carbocycles. The summed E-state index contributed by atoms with van der Waals surface area (Å²) >= 11 is 0. The zero-order chi connectivity index (χ0) is 22.9. The zero-order valence-corrected chi connectivity index (χ0v) is 19.4. The first-order valence-electron chi connectivity index (χ1n) is 10.8. The van der Waals surface area contributed by atoms with E-state index in [0.29, 0.717) is 42.2 Å². The smallest absolute Gasteiger partial charge is 0.260 e. The second-order valence-electron chi connectivity index (χ2n) is 7.73. The quantitative estimate of drug-likeness (QED) is 0.581. The minimum atomic E-state index is -3.81. The van der Waals surface area contributed by atoms with Crippen LogP contribution in [0.5, 0.6) is 5.75 Å². The Kier molecular flexibility index (Phi) is 6.36. The van der Waals surface area contributed by atoms with Gasteiger partial charge in [0.2, 0.25) is 10.0 Å². The Morgan fingerprint density at radius 3 is 2.66 bits per heavy atom. The number of ether oxygens (including phenoxy) is 2. The lowest BCUT2D eigenvalue weighted by Crippen LogP contribution is -2.40. The molecule has 32 heavy (non-hydrogen) atoms. The Labute approximate surface area is 187 Å². The second-order valence-corrected chi connectivity index (χ2v) is 9.64. The number of rotatable bonds is 7. The lowest BCUT2D eigenvalue weighted by atomic mass is 10.2. The maximum absolute atomic E-state index is 13.4. The van der Waals surface area contributed by atoms with Crippen molar-refractivity contribution >= 4 is 21.1 Å². The molecule has 0 aliphatic carbocycles. The number of nitrogens with one attached hydrogen (secondary N) is 1. The largest absolute Gasteiger partial charge is 0.492 e. The van der Waals surface area contributed by atoms with Crippen LogP contribution in [0.3, 0.4) is 0 Å². The molecule has 1 aromatic carbocycles. The number of hydrogen-bond acceptors (Lipinski definition) is 6. The highest BCUT2D eigenvalue weighted by Crippen LogP contribution is 2.32. The molecule has 0 amide bonds. The summed E-state index contributed by atoms with van der Waals surface area (Å²) in [6.07, 6.45) is 2.82. The van der Waals surface area contributed by atoms with Gasteiger partial charge in [-0.05, 0) is 44.0 Å². The van der Waals surface area contributed by atoms with Gasteiger partial charge in [-0.2, -0.15) is 4.31 Å². The van der Waals surface area contributed by atoms with E-state index >= 15 is 0 Å². The van der Waals surface area contributed by atoms with E-state index in [4.69, 9.17) is 14.5 Å². The summed E-state index contributed by atoms with van der Waals surface area (Å²) < 4.78 is 41.0. The summed E-state index contributed by atoms with van der Waals surface area (Å²) in [5.41, 5.74) is 1.70. The number of morpholine rings is 1. The van der Waals surface area contributed by atoms with Crippen molar-refractivity contribution in [2.75, 3.05) is 32.9 Å². The minimum absolute atomic E-state index is 0.0571. The van der Waals surface area contributed by atoms with Crippen LogP contribution in [0.1, 0.15) is 25.8 Å². The first-order valence-corrected chi connectivity index (χ1v) is 12.3. The number of aryl methyl sites for hydroxylation is 2. The van der Waals surface area contributed by atoms with Gasteiger partial charge in [0.1, 0.15) is 22.1 Å². The third kappa shape index (κ3) is 4.05. The lowest BCUT2D eigenvalue weighted by Gasteiger charge is -2.27. The molecule has 0 unspecified atom stereocenters. The Balaban J connectivity index is 1.86. The van der Waals surface area contributed by atoms with Gasteiger partial charge in [-0.25, -0.2) is 13.4 Å². The average molecular weight is 461 g/mol. The molecule has 1 aliphatic heterocycles. The van der Waals surface area contributed by atoms with Gasteiger partial charge in [0, 0.05) is 31.4 Å². The molecule has 9 nitrogen and oxygen atoms in total. The van der Waals surface area contributed by atoms with Crippen molar-refractivity contribution in [1.29, 1.82) is 0 Å². The number of hydrogen-bond donors (Lipinski definition) is 1. The molecule has 0 radical (unpaired) electrons. The van der Waals surface area contributed by atoms with Crippen LogP contribution in [-0.2, 0) is 21.3 Å². The van der Waals surface area contributed by atoms with Gasteiger partial charge in [0.05, 0.1) is 25.2 Å². The molecule has 0 atom stereocenters. The molecule has 3 heterocycles. The maximum atomic E-state index is 13.4. The third-order valence-corrected chi connectivity index (χ3v) is 7.41. The van der Waals surface area contributed by atoms with Gasteiger partial charge in [0.25, 0.3) is 5.56 Å². The van der Waals surface area contributed by atoms with Crippen molar-refractivity contribution in [2.45, 2.75) is 38.6 Å². The molecule has 1 saturated heterocycles. The van der Waals surface area contributed by atoms with Crippen LogP contribution in [0.2, 0.25) is 0 Å². The van der Waals surface area contributed by atoms with E-state index in [1.165, 1.54) is 10.4 Å². The molecule has 2 aromatic heterocycles. The number of aromatic nitrogens is 3. The number of aromatic amines is 1. The fourth-order valence-corrected chi connectivity index (χ4v) is 5.55. The molecule has 4 rings (SSSR count). The van der Waals surface area contributed by atoms with Crippen LogP contribution in [0.25, 0.3) is 22.4 Å². The number of H-pyrrole nitrogens is 1. The van der Waals surface area contributed by atoms with E-state index in [1.54, 1.807) is 19.1 Å². The molecule has 172 valence electrons. The highest BCUT2D eigenvalue weighted by molar-refractivity contribution is 7.89. The zero-order valence-electron chi connectivity index (χ0n) is 18.6. The van der Waals surface area contributed by atoms with E-state index in [0.717, 1.165) is 18.5 Å². The Morgan fingerprint density at radius 2 is 1.97 bits per heavy atom. The SMILES string of the molecule is CCCn1cc(C)c2c(=O)[nH]c(-c3ccc(OCC)c(S(=O)(=O)N4CCOCC4)c3)nc21. The van der Waals surface area contributed by atoms with Crippen LogP contribution in [0.4, 0.5) is 0 Å². The van der Waals surface area contributed by atoms with Crippen LogP contribution >= 0.6 is 0 Å². The van der Waals surface area contributed by atoms with E-state index in [1.807, 2.05) is 17.7 Å². The van der Waals surface area contributed by atoms with Crippen molar-refractivity contribution in [3.63, 3.8) is 0 Å². The van der Waals surface area contributed by atoms with Gasteiger partial charge in [-0.3, -0.25) is 4.79 Å². The summed E-state index contributed by atoms with van der Waals surface area (Å²) in [4.78, 5) is 20.4. The maximum Gasteiger partial charge on any atom is 0.260 e. The van der Waals surface area contributed by atoms with Crippen molar-refractivity contribution < 1.29 is 17.9 Å². The second kappa shape index (κ2) is 9.05. The van der Waals surface area contributed by atoms with Crippen LogP contribution in [0, 0.1) is 6.92 Å². The summed E-state index contributed by atoms with van der Waals surface area (Å²) in [7, 11) is -3.81. The molecule has 3 aromatic rings. The van der Waals surface area contributed by atoms with E-state index in [-0.39, 0.29) is 29.3 Å². The molecular formula is C22H28N4O5S. The number of fused-ring (bicyclic) bond motifs is 1. The predicted octanol–water partition coefficient (Wildman–Crippen LogP) is 2.53. The van der Waals surface area contributed by atoms with E-state index in [9.17, 15) is 13.2 Å². The van der Waals surface area contributed by atoms with E-state index in [2.05, 4.69) is 11.9 Å². The topological polar surface area (TPSA) is 107 Å². The summed E-state index contributed by atoms with van der Waals surface area (Å²) in [5.74, 6) is 0.593. The van der Waals surface area contributed by atoms with E-state index < -0.39 is 10.0 Å². The fraction of sp³-hybridized carbons (Fsp3) is 0.455. The first kappa shape index (κ1) is 22.5. The Bertz CT molecular complexity index is 1290. The minimum Gasteiger partial charge on any atom is -0.492 e. The standard InChI is InChI=1S/C22H28N4O5S/c1-4-8-25-14-15(3)19-21(25)23-20(24-22(19)27)16-6-7-17(31-5-2)18(13-16)32(28,29)26-9-11-30-12-10-26/h6-7,13-14H,4-5,8-12H2,1-3H3,(H,23,24,27). The summed E-state index contributed by atoms with van der Waals surface area (Å²) in [6, 6.07) is 4.86. The number of nitrogens with zero attached hydrogens (tertiary/aromatic N) is 3. The highest BCUT2D eigenvalue weighted by Gasteiger charge is 2.30. The van der Waals surface area contributed by atoms with Crippen LogP contribution in [0.15, 0.2) is 34.1 Å². The lowest BCUT2D eigenvalue weighted by molar-refractivity contribution is 0.0729. The summed E-state index contributed by atoms with van der Waals surface area (Å²) in [6.45, 7) is 8.07. The third-order valence-electron chi connectivity index (χ3n) is 5.49. The van der Waals surface area contributed by atoms with Crippen LogP contribution < -0.4 is 10.3 Å². The number of sulfonamides is 1. The van der Waals surface area contributed by atoms with Gasteiger partial charge in [-0.1, -0.05) is 6.92 Å². The molecule has 0 spiro atoms. The van der Waals surface area contributed by atoms with Gasteiger partial charge in [-0.15, -0.1) is 0 Å². The monoisotopic (exact) mass is 460 g/mol. The van der Waals surface area contributed by atoms with Crippen molar-refractivity contribution in [3.8, 4) is 17.1 Å². The van der Waals surface area contributed by atoms with Crippen molar-refractivity contribution in [1.82, 2.24) is 18.8 Å². The average Bonchev–Trinajstić information content (AvgIpc) is 3.10. The fourth-order valence-electron chi connectivity index (χ4n) is 3.99. The first-order chi connectivity index (χ1) is 15.4. The molecule has 1 N–H and O–H groups in total. The number of benzene rings is 1. The highest BCUT2D eigenvalue weighted by atomic mass is 32.2. The summed E-state index contributed by atoms with van der Waals surface area (Å²) in [5, 5.41) is 0.550. The molecule has 10 heteroatoms. The van der Waals surface area contributed by atoms with Crippen molar-refractivity contribution in [2.24, 2.45) is 0 Å².